The molecule has 0 radical (unpaired) electrons. The van der Waals surface area contributed by atoms with Crippen LogP contribution in [-0.4, -0.2) is 47.5 Å². The number of amides is 1. The lowest BCUT2D eigenvalue weighted by Crippen LogP contribution is -2.44. The van der Waals surface area contributed by atoms with Crippen LogP contribution in [0.3, 0.4) is 0 Å². The van der Waals surface area contributed by atoms with Crippen molar-refractivity contribution in [1.82, 2.24) is 10.3 Å². The molecular formula is C13H14N2O4S2. The number of nitrogens with one attached hydrogen (secondary N) is 1. The number of methoxy groups -OCH3 is 1. The fraction of sp³-hybridized carbons (Fsp3) is 0.308. The molecule has 1 atom stereocenters. The Bertz CT molecular complexity index is 611. The van der Waals surface area contributed by atoms with Crippen LogP contribution in [0.1, 0.15) is 0 Å². The van der Waals surface area contributed by atoms with Gasteiger partial charge < -0.3 is 15.2 Å². The van der Waals surface area contributed by atoms with Crippen LogP contribution in [0, 0.1) is 0 Å². The number of carbonyl (C=O) groups excluding carboxylic acids is 2. The van der Waals surface area contributed by atoms with Crippen LogP contribution in [0.2, 0.25) is 0 Å². The molecular weight excluding hydrogens is 312 g/mol. The third kappa shape index (κ3) is 4.16. The maximum absolute atomic E-state index is 11.7. The second-order valence-corrected chi connectivity index (χ2v) is 6.32. The third-order valence-corrected chi connectivity index (χ3v) is 4.78. The van der Waals surface area contributed by atoms with E-state index in [4.69, 9.17) is 5.11 Å². The summed E-state index contributed by atoms with van der Waals surface area (Å²) in [6.07, 6.45) is 0. The van der Waals surface area contributed by atoms with Crippen LogP contribution in [0.5, 0.6) is 0 Å². The van der Waals surface area contributed by atoms with Crippen molar-refractivity contribution >= 4 is 45.2 Å². The molecule has 6 nitrogen and oxygen atoms in total. The average Bonchev–Trinajstić information content (AvgIpc) is 2.92. The Morgan fingerprint density at radius 2 is 2.24 bits per heavy atom. The molecule has 0 saturated heterocycles. The Labute approximate surface area is 129 Å². The molecule has 112 valence electrons. The lowest BCUT2D eigenvalue weighted by atomic mass is 10.3. The number of aromatic nitrogens is 1. The summed E-state index contributed by atoms with van der Waals surface area (Å²) >= 11 is 2.79. The number of hydrogen-bond donors (Lipinski definition) is 2. The number of esters is 1. The van der Waals surface area contributed by atoms with Crippen molar-refractivity contribution < 1.29 is 19.4 Å². The number of hydrogen-bond acceptors (Lipinski definition) is 7. The predicted molar refractivity (Wildman–Crippen MR) is 81.4 cm³/mol. The van der Waals surface area contributed by atoms with Crippen molar-refractivity contribution in [3.05, 3.63) is 24.3 Å². The molecule has 0 bridgehead atoms. The van der Waals surface area contributed by atoms with E-state index >= 15 is 0 Å². The van der Waals surface area contributed by atoms with Gasteiger partial charge >= 0.3 is 5.97 Å². The molecule has 8 heteroatoms. The van der Waals surface area contributed by atoms with Crippen LogP contribution >= 0.6 is 23.1 Å². The monoisotopic (exact) mass is 326 g/mol. The van der Waals surface area contributed by atoms with Gasteiger partial charge in [0.05, 0.1) is 29.7 Å². The van der Waals surface area contributed by atoms with Gasteiger partial charge in [-0.15, -0.1) is 11.3 Å². The number of para-hydroxylation sites is 1. The van der Waals surface area contributed by atoms with E-state index in [1.807, 2.05) is 24.3 Å². The smallest absolute Gasteiger partial charge is 0.330 e. The summed E-state index contributed by atoms with van der Waals surface area (Å²) < 4.78 is 6.32. The normalized spacial score (nSPS) is 12.1. The zero-order valence-corrected chi connectivity index (χ0v) is 12.9. The van der Waals surface area contributed by atoms with Crippen LogP contribution < -0.4 is 5.32 Å². The second-order valence-electron chi connectivity index (χ2n) is 4.06. The molecule has 2 aromatic rings. The van der Waals surface area contributed by atoms with Crippen molar-refractivity contribution in [3.8, 4) is 0 Å². The number of benzene rings is 1. The van der Waals surface area contributed by atoms with Gasteiger partial charge in [0.1, 0.15) is 0 Å². The van der Waals surface area contributed by atoms with Crippen LogP contribution in [-0.2, 0) is 14.3 Å². The highest BCUT2D eigenvalue weighted by molar-refractivity contribution is 8.01. The van der Waals surface area contributed by atoms with E-state index in [1.165, 1.54) is 30.2 Å². The van der Waals surface area contributed by atoms with Gasteiger partial charge in [-0.3, -0.25) is 4.79 Å². The van der Waals surface area contributed by atoms with Crippen molar-refractivity contribution in [2.24, 2.45) is 0 Å². The number of aliphatic hydroxyl groups is 1. The Balaban J connectivity index is 1.90. The number of aliphatic hydroxyl groups excluding tert-OH is 1. The summed E-state index contributed by atoms with van der Waals surface area (Å²) in [4.78, 5) is 27.4. The Hall–Kier alpha value is -1.64. The number of thioether (sulfide) groups is 1. The van der Waals surface area contributed by atoms with E-state index in [9.17, 15) is 9.59 Å². The van der Waals surface area contributed by atoms with Gasteiger partial charge in [-0.1, -0.05) is 23.9 Å². The van der Waals surface area contributed by atoms with Gasteiger partial charge in [0, 0.05) is 0 Å². The minimum atomic E-state index is -1.03. The maximum atomic E-state index is 11.7. The minimum absolute atomic E-state index is 0.118. The molecule has 21 heavy (non-hydrogen) atoms. The lowest BCUT2D eigenvalue weighted by molar-refractivity contribution is -0.145. The SMILES string of the molecule is COC(=O)C(CO)NC(=O)CSc1nc2ccccc2s1. The highest BCUT2D eigenvalue weighted by Gasteiger charge is 2.20. The van der Waals surface area contributed by atoms with Crippen molar-refractivity contribution in [1.29, 1.82) is 0 Å². The molecule has 0 aliphatic rings. The topological polar surface area (TPSA) is 88.5 Å². The van der Waals surface area contributed by atoms with Crippen molar-refractivity contribution in [2.45, 2.75) is 10.4 Å². The van der Waals surface area contributed by atoms with E-state index in [0.717, 1.165) is 14.6 Å². The molecule has 0 saturated carbocycles. The van der Waals surface area contributed by atoms with Gasteiger partial charge in [-0.05, 0) is 12.1 Å². The van der Waals surface area contributed by atoms with Crippen LogP contribution in [0.4, 0.5) is 0 Å². The van der Waals surface area contributed by atoms with Crippen molar-refractivity contribution in [2.75, 3.05) is 19.5 Å². The molecule has 2 N–H and O–H groups in total. The molecule has 1 unspecified atom stereocenters. The first-order valence-corrected chi connectivity index (χ1v) is 7.90. The summed E-state index contributed by atoms with van der Waals surface area (Å²) in [6, 6.07) is 6.69. The molecule has 1 amide bonds. The fourth-order valence-corrected chi connectivity index (χ4v) is 3.48. The molecule has 1 aromatic heterocycles. The van der Waals surface area contributed by atoms with E-state index in [2.05, 4.69) is 15.0 Å². The van der Waals surface area contributed by atoms with E-state index < -0.39 is 18.6 Å². The molecule has 0 spiro atoms. The molecule has 0 aliphatic heterocycles. The molecule has 1 aromatic carbocycles. The first-order valence-electron chi connectivity index (χ1n) is 6.10. The number of fused-ring (bicyclic) bond motifs is 1. The second kappa shape index (κ2) is 7.39. The number of nitrogens with zero attached hydrogens (tertiary/aromatic N) is 1. The average molecular weight is 326 g/mol. The summed E-state index contributed by atoms with van der Waals surface area (Å²) in [6.45, 7) is -0.496. The van der Waals surface area contributed by atoms with Gasteiger partial charge in [0.2, 0.25) is 5.91 Å². The Kier molecular flexibility index (Phi) is 5.54. The van der Waals surface area contributed by atoms with Gasteiger partial charge in [-0.2, -0.15) is 0 Å². The zero-order chi connectivity index (χ0) is 15.2. The number of carbonyl (C=O) groups is 2. The van der Waals surface area contributed by atoms with Gasteiger partial charge in [0.15, 0.2) is 10.4 Å². The first kappa shape index (κ1) is 15.7. The highest BCUT2D eigenvalue weighted by atomic mass is 32.2. The van der Waals surface area contributed by atoms with E-state index in [-0.39, 0.29) is 11.7 Å². The maximum Gasteiger partial charge on any atom is 0.330 e. The lowest BCUT2D eigenvalue weighted by Gasteiger charge is -2.13. The number of ether oxygens (including phenoxy) is 1. The highest BCUT2D eigenvalue weighted by Crippen LogP contribution is 2.28. The molecule has 0 aliphatic carbocycles. The summed E-state index contributed by atoms with van der Waals surface area (Å²) in [5.41, 5.74) is 0.896. The largest absolute Gasteiger partial charge is 0.467 e. The fourth-order valence-electron chi connectivity index (χ4n) is 1.60. The van der Waals surface area contributed by atoms with E-state index in [1.54, 1.807) is 0 Å². The Morgan fingerprint density at radius 1 is 1.48 bits per heavy atom. The third-order valence-electron chi connectivity index (χ3n) is 2.60. The summed E-state index contributed by atoms with van der Waals surface area (Å²) in [5.74, 6) is -0.910. The zero-order valence-electron chi connectivity index (χ0n) is 11.2. The number of rotatable bonds is 6. The van der Waals surface area contributed by atoms with Gasteiger partial charge in [-0.25, -0.2) is 9.78 Å². The van der Waals surface area contributed by atoms with Crippen molar-refractivity contribution in [3.63, 3.8) is 0 Å². The standard InChI is InChI=1S/C13H14N2O4S2/c1-19-12(18)9(6-16)14-11(17)7-20-13-15-8-4-2-3-5-10(8)21-13/h2-5,9,16H,6-7H2,1H3,(H,14,17). The van der Waals surface area contributed by atoms with E-state index in [0.29, 0.717) is 0 Å². The van der Waals surface area contributed by atoms with Gasteiger partial charge in [0.25, 0.3) is 0 Å². The van der Waals surface area contributed by atoms with Crippen LogP contribution in [0.25, 0.3) is 10.2 Å². The quantitative estimate of drug-likeness (QED) is 0.609. The first-order chi connectivity index (χ1) is 10.1. The predicted octanol–water partition coefficient (Wildman–Crippen LogP) is 1.04. The minimum Gasteiger partial charge on any atom is -0.467 e. The Morgan fingerprint density at radius 3 is 2.90 bits per heavy atom. The molecule has 2 rings (SSSR count). The molecule has 0 fully saturated rings. The van der Waals surface area contributed by atoms with Crippen LogP contribution in [0.15, 0.2) is 28.6 Å². The summed E-state index contributed by atoms with van der Waals surface area (Å²) in [7, 11) is 1.20. The summed E-state index contributed by atoms with van der Waals surface area (Å²) in [5, 5.41) is 11.4. The number of thiazole rings is 1. The molecule has 1 heterocycles.